The van der Waals surface area contributed by atoms with Gasteiger partial charge in [-0.15, -0.1) is 0 Å². The van der Waals surface area contributed by atoms with Crippen LogP contribution in [0.25, 0.3) is 11.0 Å². The SMILES string of the molecule is O=C(NC(c1nc2c(F)c(C(CC(F)(F)F)C(=O)N3CC(F)(F)C3)ccc2[nH]1)C1CCC(F)(F)CC1)OCc1ccccc1. The van der Waals surface area contributed by atoms with E-state index in [9.17, 15) is 40.3 Å². The number of ether oxygens (including phenoxy) is 1. The van der Waals surface area contributed by atoms with Gasteiger partial charge in [0.05, 0.1) is 37.0 Å². The topological polar surface area (TPSA) is 87.3 Å². The summed E-state index contributed by atoms with van der Waals surface area (Å²) in [6.07, 6.45) is -8.60. The molecule has 2 unspecified atom stereocenters. The van der Waals surface area contributed by atoms with Gasteiger partial charge in [-0.3, -0.25) is 4.79 Å². The Balaban J connectivity index is 1.44. The third-order valence-corrected chi connectivity index (χ3v) is 7.92. The molecule has 5 rings (SSSR count). The maximum absolute atomic E-state index is 15.8. The zero-order valence-corrected chi connectivity index (χ0v) is 23.1. The molecular formula is C29H28F8N4O3. The molecule has 0 spiro atoms. The Hall–Kier alpha value is -3.91. The Kier molecular flexibility index (Phi) is 8.51. The van der Waals surface area contributed by atoms with Crippen LogP contribution >= 0.6 is 0 Å². The molecule has 2 heterocycles. The van der Waals surface area contributed by atoms with Gasteiger partial charge in [0.25, 0.3) is 5.92 Å². The van der Waals surface area contributed by atoms with Crippen LogP contribution in [0.2, 0.25) is 0 Å². The number of nitrogens with zero attached hydrogens (tertiary/aromatic N) is 2. The number of halogens is 8. The first-order chi connectivity index (χ1) is 20.6. The molecule has 2 atom stereocenters. The summed E-state index contributed by atoms with van der Waals surface area (Å²) in [5.41, 5.74) is -0.463. The molecule has 238 valence electrons. The lowest BCUT2D eigenvalue weighted by Gasteiger charge is -2.40. The summed E-state index contributed by atoms with van der Waals surface area (Å²) in [7, 11) is 0. The molecule has 2 fully saturated rings. The van der Waals surface area contributed by atoms with Crippen molar-refractivity contribution in [1.29, 1.82) is 0 Å². The number of nitrogens with one attached hydrogen (secondary N) is 2. The molecule has 1 saturated carbocycles. The molecule has 7 nitrogen and oxygen atoms in total. The molecule has 0 bridgehead atoms. The van der Waals surface area contributed by atoms with Crippen LogP contribution in [0.3, 0.4) is 0 Å². The number of carbonyl (C=O) groups is 2. The van der Waals surface area contributed by atoms with E-state index in [2.05, 4.69) is 15.3 Å². The van der Waals surface area contributed by atoms with Crippen molar-refractivity contribution in [2.24, 2.45) is 5.92 Å². The number of carbonyl (C=O) groups excluding carboxylic acids is 2. The molecule has 44 heavy (non-hydrogen) atoms. The van der Waals surface area contributed by atoms with Gasteiger partial charge in [0.15, 0.2) is 5.82 Å². The highest BCUT2D eigenvalue weighted by molar-refractivity contribution is 5.87. The van der Waals surface area contributed by atoms with Crippen molar-refractivity contribution in [1.82, 2.24) is 20.2 Å². The van der Waals surface area contributed by atoms with Crippen molar-refractivity contribution in [3.05, 3.63) is 65.2 Å². The van der Waals surface area contributed by atoms with E-state index in [0.717, 1.165) is 6.07 Å². The van der Waals surface area contributed by atoms with Gasteiger partial charge in [0.2, 0.25) is 11.8 Å². The van der Waals surface area contributed by atoms with Crippen LogP contribution in [0.5, 0.6) is 0 Å². The smallest absolute Gasteiger partial charge is 0.408 e. The van der Waals surface area contributed by atoms with Gasteiger partial charge >= 0.3 is 12.3 Å². The van der Waals surface area contributed by atoms with E-state index in [1.54, 1.807) is 30.3 Å². The first-order valence-corrected chi connectivity index (χ1v) is 13.9. The molecule has 2 amide bonds. The van der Waals surface area contributed by atoms with Crippen LogP contribution in [0.4, 0.5) is 39.9 Å². The Morgan fingerprint density at radius 3 is 2.30 bits per heavy atom. The van der Waals surface area contributed by atoms with E-state index in [-0.39, 0.29) is 30.8 Å². The number of fused-ring (bicyclic) bond motifs is 1. The third kappa shape index (κ3) is 7.24. The minimum absolute atomic E-state index is 0.000494. The summed E-state index contributed by atoms with van der Waals surface area (Å²) in [6.45, 7) is -2.26. The zero-order chi connectivity index (χ0) is 31.9. The first kappa shape index (κ1) is 31.5. The summed E-state index contributed by atoms with van der Waals surface area (Å²) in [4.78, 5) is 33.1. The second-order valence-electron chi connectivity index (χ2n) is 11.3. The third-order valence-electron chi connectivity index (χ3n) is 7.92. The standard InChI is InChI=1S/C29H28F8N4O3/c30-21-18(19(12-29(35,36)37)25(42)41-14-28(33,34)15-41)6-7-20-23(21)39-24(38-20)22(17-8-10-27(31,32)11-9-17)40-26(43)44-13-16-4-2-1-3-5-16/h1-7,17,19,22H,8-15H2,(H,38,39)(H,40,43). The average molecular weight is 633 g/mol. The summed E-state index contributed by atoms with van der Waals surface area (Å²) < 4.78 is 116. The number of aromatic nitrogens is 2. The number of alkyl halides is 7. The van der Waals surface area contributed by atoms with E-state index >= 15 is 4.39 Å². The highest BCUT2D eigenvalue weighted by Crippen LogP contribution is 2.42. The molecule has 1 aliphatic carbocycles. The Bertz CT molecular complexity index is 1490. The van der Waals surface area contributed by atoms with Gasteiger partial charge < -0.3 is 19.9 Å². The number of hydrogen-bond acceptors (Lipinski definition) is 4. The second-order valence-corrected chi connectivity index (χ2v) is 11.3. The van der Waals surface area contributed by atoms with Crippen LogP contribution in [0, 0.1) is 11.7 Å². The number of hydrogen-bond donors (Lipinski definition) is 2. The number of rotatable bonds is 8. The van der Waals surface area contributed by atoms with E-state index in [1.165, 1.54) is 6.07 Å². The number of amides is 2. The molecule has 15 heteroatoms. The zero-order valence-electron chi connectivity index (χ0n) is 23.1. The fourth-order valence-electron chi connectivity index (χ4n) is 5.64. The normalized spacial score (nSPS) is 19.7. The first-order valence-electron chi connectivity index (χ1n) is 13.9. The van der Waals surface area contributed by atoms with Crippen molar-refractivity contribution in [2.45, 2.75) is 68.7 Å². The fraction of sp³-hybridized carbons (Fsp3) is 0.483. The number of benzene rings is 2. The maximum atomic E-state index is 15.8. The highest BCUT2D eigenvalue weighted by atomic mass is 19.4. The molecule has 2 N–H and O–H groups in total. The summed E-state index contributed by atoms with van der Waals surface area (Å²) in [5.74, 6) is -11.5. The predicted octanol–water partition coefficient (Wildman–Crippen LogP) is 7.01. The van der Waals surface area contributed by atoms with Crippen molar-refractivity contribution >= 4 is 23.0 Å². The van der Waals surface area contributed by atoms with E-state index in [0.29, 0.717) is 10.5 Å². The van der Waals surface area contributed by atoms with E-state index < -0.39 is 97.1 Å². The molecule has 2 aromatic carbocycles. The fourth-order valence-corrected chi connectivity index (χ4v) is 5.64. The molecular weight excluding hydrogens is 604 g/mol. The summed E-state index contributed by atoms with van der Waals surface area (Å²) in [6, 6.07) is 9.77. The molecule has 0 radical (unpaired) electrons. The van der Waals surface area contributed by atoms with Crippen molar-refractivity contribution < 1.29 is 49.4 Å². The highest BCUT2D eigenvalue weighted by Gasteiger charge is 2.50. The number of likely N-dealkylation sites (tertiary alicyclic amines) is 1. The van der Waals surface area contributed by atoms with E-state index in [1.807, 2.05) is 0 Å². The van der Waals surface area contributed by atoms with Crippen molar-refractivity contribution in [2.75, 3.05) is 13.1 Å². The van der Waals surface area contributed by atoms with Crippen molar-refractivity contribution in [3.63, 3.8) is 0 Å². The number of H-pyrrole nitrogens is 1. The lowest BCUT2D eigenvalue weighted by Crippen LogP contribution is -2.59. The van der Waals surface area contributed by atoms with Gasteiger partial charge in [0.1, 0.15) is 17.9 Å². The van der Waals surface area contributed by atoms with Gasteiger partial charge in [0, 0.05) is 18.4 Å². The lowest BCUT2D eigenvalue weighted by molar-refractivity contribution is -0.175. The van der Waals surface area contributed by atoms with Crippen LogP contribution in [-0.2, 0) is 16.1 Å². The minimum Gasteiger partial charge on any atom is -0.445 e. The predicted molar refractivity (Wildman–Crippen MR) is 140 cm³/mol. The van der Waals surface area contributed by atoms with Crippen LogP contribution in [-0.4, -0.2) is 58.0 Å². The number of alkyl carbamates (subject to hydrolysis) is 1. The average Bonchev–Trinajstić information content (AvgIpc) is 3.38. The molecule has 1 saturated heterocycles. The molecule has 3 aromatic rings. The second kappa shape index (κ2) is 11.9. The number of aromatic amines is 1. The maximum Gasteiger partial charge on any atom is 0.408 e. The van der Waals surface area contributed by atoms with Gasteiger partial charge in [-0.1, -0.05) is 36.4 Å². The molecule has 1 aliphatic heterocycles. The molecule has 2 aliphatic rings. The van der Waals surface area contributed by atoms with Crippen LogP contribution in [0.15, 0.2) is 42.5 Å². The minimum atomic E-state index is -4.93. The van der Waals surface area contributed by atoms with Gasteiger partial charge in [-0.2, -0.15) is 13.2 Å². The quantitative estimate of drug-likeness (QED) is 0.262. The van der Waals surface area contributed by atoms with Gasteiger partial charge in [-0.25, -0.2) is 31.7 Å². The lowest BCUT2D eigenvalue weighted by atomic mass is 9.82. The van der Waals surface area contributed by atoms with Crippen LogP contribution in [0.1, 0.15) is 61.0 Å². The Morgan fingerprint density at radius 1 is 1.02 bits per heavy atom. The Labute approximate surface area is 245 Å². The largest absolute Gasteiger partial charge is 0.445 e. The van der Waals surface area contributed by atoms with E-state index in [4.69, 9.17) is 4.74 Å². The van der Waals surface area contributed by atoms with Crippen LogP contribution < -0.4 is 5.32 Å². The van der Waals surface area contributed by atoms with Gasteiger partial charge in [-0.05, 0) is 30.4 Å². The monoisotopic (exact) mass is 632 g/mol. The number of imidazole rings is 1. The van der Waals surface area contributed by atoms with Crippen molar-refractivity contribution in [3.8, 4) is 0 Å². The Morgan fingerprint density at radius 2 is 1.68 bits per heavy atom. The molecule has 1 aromatic heterocycles. The summed E-state index contributed by atoms with van der Waals surface area (Å²) in [5, 5.41) is 2.60. The summed E-state index contributed by atoms with van der Waals surface area (Å²) >= 11 is 0.